The molecular weight excluding hydrogens is 406 g/mol. The Labute approximate surface area is 184 Å². The fraction of sp³-hybridized carbons (Fsp3) is 0.304. The number of hydrogen-bond acceptors (Lipinski definition) is 7. The van der Waals surface area contributed by atoms with Gasteiger partial charge in [-0.15, -0.1) is 0 Å². The third-order valence-corrected chi connectivity index (χ3v) is 5.70. The van der Waals surface area contributed by atoms with Gasteiger partial charge in [-0.1, -0.05) is 12.1 Å². The van der Waals surface area contributed by atoms with Crippen LogP contribution in [0, 0.1) is 0 Å². The van der Waals surface area contributed by atoms with Crippen LogP contribution in [-0.4, -0.2) is 42.6 Å². The molecule has 3 aromatic heterocycles. The van der Waals surface area contributed by atoms with E-state index in [2.05, 4.69) is 37.7 Å². The van der Waals surface area contributed by atoms with Gasteiger partial charge in [-0.25, -0.2) is 19.3 Å². The van der Waals surface area contributed by atoms with E-state index in [1.54, 1.807) is 15.6 Å². The number of anilines is 2. The summed E-state index contributed by atoms with van der Waals surface area (Å²) in [7, 11) is 0. The van der Waals surface area contributed by atoms with Gasteiger partial charge in [0.15, 0.2) is 11.5 Å². The van der Waals surface area contributed by atoms with E-state index in [0.717, 1.165) is 30.9 Å². The smallest absolute Gasteiger partial charge is 0.278 e. The monoisotopic (exact) mass is 431 g/mol. The zero-order valence-corrected chi connectivity index (χ0v) is 17.9. The third-order valence-electron chi connectivity index (χ3n) is 5.70. The Hall–Kier alpha value is -3.56. The Balaban J connectivity index is 1.58. The minimum absolute atomic E-state index is 0.00992. The summed E-state index contributed by atoms with van der Waals surface area (Å²) in [6.45, 7) is 4.22. The van der Waals surface area contributed by atoms with Crippen molar-refractivity contribution in [1.82, 2.24) is 29.6 Å². The first-order chi connectivity index (χ1) is 15.7. The molecule has 1 aliphatic heterocycles. The van der Waals surface area contributed by atoms with Gasteiger partial charge >= 0.3 is 0 Å². The highest BCUT2D eigenvalue weighted by molar-refractivity contribution is 5.77. The molecule has 0 saturated heterocycles. The molecule has 0 fully saturated rings. The van der Waals surface area contributed by atoms with E-state index in [1.165, 1.54) is 11.1 Å². The summed E-state index contributed by atoms with van der Waals surface area (Å²) in [6.07, 6.45) is 3.03. The average molecular weight is 432 g/mol. The summed E-state index contributed by atoms with van der Waals surface area (Å²) >= 11 is 0. The predicted octanol–water partition coefficient (Wildman–Crippen LogP) is 1.92. The molecule has 4 heterocycles. The lowest BCUT2D eigenvalue weighted by molar-refractivity contribution is 0.298. The van der Waals surface area contributed by atoms with Crippen molar-refractivity contribution in [3.63, 3.8) is 0 Å². The number of nitrogens with one attached hydrogen (secondary N) is 2. The van der Waals surface area contributed by atoms with Gasteiger partial charge < -0.3 is 15.7 Å². The number of aliphatic hydroxyl groups is 1. The molecule has 32 heavy (non-hydrogen) atoms. The normalized spacial score (nSPS) is 13.3. The average Bonchev–Trinajstić information content (AvgIpc) is 3.10. The Kier molecular flexibility index (Phi) is 5.42. The summed E-state index contributed by atoms with van der Waals surface area (Å²) in [5, 5.41) is 16.4. The number of hydrogen-bond donors (Lipinski definition) is 3. The van der Waals surface area contributed by atoms with Gasteiger partial charge in [0, 0.05) is 43.7 Å². The first-order valence-electron chi connectivity index (χ1n) is 10.8. The molecule has 9 heteroatoms. The summed E-state index contributed by atoms with van der Waals surface area (Å²) in [4.78, 5) is 26.6. The lowest BCUT2D eigenvalue weighted by Gasteiger charge is -2.18. The molecule has 1 aliphatic rings. The van der Waals surface area contributed by atoms with Gasteiger partial charge in [-0.2, -0.15) is 4.98 Å². The van der Waals surface area contributed by atoms with E-state index in [-0.39, 0.29) is 12.2 Å². The Morgan fingerprint density at radius 1 is 1.19 bits per heavy atom. The Morgan fingerprint density at radius 3 is 2.94 bits per heavy atom. The fourth-order valence-electron chi connectivity index (χ4n) is 4.13. The molecule has 0 atom stereocenters. The van der Waals surface area contributed by atoms with Crippen molar-refractivity contribution in [3.8, 4) is 5.82 Å². The van der Waals surface area contributed by atoms with Crippen molar-refractivity contribution < 1.29 is 5.11 Å². The molecule has 0 unspecified atom stereocenters. The van der Waals surface area contributed by atoms with Crippen LogP contribution in [0.25, 0.3) is 16.9 Å². The third kappa shape index (κ3) is 3.65. The number of nitrogens with zero attached hydrogens (tertiary/aromatic N) is 5. The van der Waals surface area contributed by atoms with E-state index in [9.17, 15) is 9.90 Å². The lowest BCUT2D eigenvalue weighted by Crippen LogP contribution is -2.23. The zero-order chi connectivity index (χ0) is 22.1. The molecular formula is C23H25N7O2. The largest absolute Gasteiger partial charge is 0.396 e. The molecule has 0 spiro atoms. The number of fused-ring (bicyclic) bond motifs is 2. The summed E-state index contributed by atoms with van der Waals surface area (Å²) in [5.41, 5.74) is 4.59. The molecule has 0 saturated carbocycles. The molecule has 0 amide bonds. The molecule has 9 nitrogen and oxygen atoms in total. The Bertz CT molecular complexity index is 1340. The van der Waals surface area contributed by atoms with Crippen LogP contribution in [0.2, 0.25) is 0 Å². The second-order valence-corrected chi connectivity index (χ2v) is 7.76. The maximum atomic E-state index is 13.0. The van der Waals surface area contributed by atoms with E-state index in [4.69, 9.17) is 0 Å². The maximum absolute atomic E-state index is 13.0. The van der Waals surface area contributed by atoms with Crippen LogP contribution in [0.5, 0.6) is 0 Å². The number of pyridine rings is 1. The SMILES string of the molecule is CCn1c(=O)c2cnc(Nc3ccc4c(c3)CNCC4)nc2n1-c1cccc(CCO)n1. The van der Waals surface area contributed by atoms with Gasteiger partial charge in [0.25, 0.3) is 5.56 Å². The molecule has 3 N–H and O–H groups in total. The lowest BCUT2D eigenvalue weighted by atomic mass is 10.0. The van der Waals surface area contributed by atoms with Crippen LogP contribution in [0.1, 0.15) is 23.7 Å². The van der Waals surface area contributed by atoms with Crippen LogP contribution in [0.3, 0.4) is 0 Å². The van der Waals surface area contributed by atoms with Crippen LogP contribution >= 0.6 is 0 Å². The van der Waals surface area contributed by atoms with E-state index in [0.29, 0.717) is 35.8 Å². The molecule has 1 aromatic carbocycles. The van der Waals surface area contributed by atoms with E-state index in [1.807, 2.05) is 31.2 Å². The molecule has 0 bridgehead atoms. The molecule has 4 aromatic rings. The Morgan fingerprint density at radius 2 is 2.09 bits per heavy atom. The number of aliphatic hydroxyl groups excluding tert-OH is 1. The van der Waals surface area contributed by atoms with Crippen molar-refractivity contribution in [3.05, 3.63) is 69.8 Å². The number of rotatable bonds is 6. The van der Waals surface area contributed by atoms with Crippen molar-refractivity contribution in [2.45, 2.75) is 32.9 Å². The number of aromatic nitrogens is 5. The minimum atomic E-state index is -0.164. The molecule has 5 rings (SSSR count). The first kappa shape index (κ1) is 20.3. The van der Waals surface area contributed by atoms with Gasteiger partial charge in [-0.3, -0.25) is 4.79 Å². The van der Waals surface area contributed by atoms with Crippen molar-refractivity contribution >= 4 is 22.7 Å². The zero-order valence-electron chi connectivity index (χ0n) is 17.9. The second-order valence-electron chi connectivity index (χ2n) is 7.76. The van der Waals surface area contributed by atoms with Crippen molar-refractivity contribution in [2.24, 2.45) is 0 Å². The highest BCUT2D eigenvalue weighted by Crippen LogP contribution is 2.22. The van der Waals surface area contributed by atoms with Crippen LogP contribution in [0.15, 0.2) is 47.4 Å². The second kappa shape index (κ2) is 8.52. The molecule has 0 radical (unpaired) electrons. The summed E-state index contributed by atoms with van der Waals surface area (Å²) in [5.74, 6) is 0.990. The summed E-state index contributed by atoms with van der Waals surface area (Å²) < 4.78 is 3.32. The molecule has 0 aliphatic carbocycles. The van der Waals surface area contributed by atoms with Crippen molar-refractivity contribution in [2.75, 3.05) is 18.5 Å². The summed E-state index contributed by atoms with van der Waals surface area (Å²) in [6, 6.07) is 11.8. The highest BCUT2D eigenvalue weighted by Gasteiger charge is 2.18. The standard InChI is InChI=1S/C23H25N7O2/c1-2-29-22(32)19-14-25-23(27-18-7-6-15-8-10-24-13-16(15)12-18)28-21(19)30(29)20-5-3-4-17(26-20)9-11-31/h3-7,12,14,24,31H,2,8-11,13H2,1H3,(H,25,27,28). The number of benzene rings is 1. The minimum Gasteiger partial charge on any atom is -0.396 e. The molecule has 164 valence electrons. The van der Waals surface area contributed by atoms with Crippen LogP contribution in [-0.2, 0) is 25.9 Å². The predicted molar refractivity (Wildman–Crippen MR) is 123 cm³/mol. The van der Waals surface area contributed by atoms with E-state index < -0.39 is 0 Å². The van der Waals surface area contributed by atoms with Crippen LogP contribution < -0.4 is 16.2 Å². The topological polar surface area (TPSA) is 110 Å². The first-order valence-corrected chi connectivity index (χ1v) is 10.8. The van der Waals surface area contributed by atoms with Gasteiger partial charge in [0.05, 0.1) is 0 Å². The van der Waals surface area contributed by atoms with Gasteiger partial charge in [0.1, 0.15) is 5.39 Å². The fourth-order valence-corrected chi connectivity index (χ4v) is 4.13. The van der Waals surface area contributed by atoms with E-state index >= 15 is 0 Å². The highest BCUT2D eigenvalue weighted by atomic mass is 16.3. The van der Waals surface area contributed by atoms with Crippen molar-refractivity contribution in [1.29, 1.82) is 0 Å². The van der Waals surface area contributed by atoms with Gasteiger partial charge in [-0.05, 0) is 55.3 Å². The van der Waals surface area contributed by atoms with Gasteiger partial charge in [0.2, 0.25) is 5.95 Å². The quantitative estimate of drug-likeness (QED) is 0.428. The maximum Gasteiger partial charge on any atom is 0.278 e. The van der Waals surface area contributed by atoms with Crippen LogP contribution in [0.4, 0.5) is 11.6 Å².